The number of hydrogen-bond acceptors (Lipinski definition) is 4. The van der Waals surface area contributed by atoms with Crippen molar-refractivity contribution in [3.63, 3.8) is 0 Å². The number of nitrogens with two attached hydrogens (primary N) is 1. The molecular formula is C13H21N3O2. The molecule has 5 heteroatoms. The van der Waals surface area contributed by atoms with Crippen molar-refractivity contribution in [2.24, 2.45) is 5.73 Å². The van der Waals surface area contributed by atoms with E-state index in [0.29, 0.717) is 13.0 Å². The first kappa shape index (κ1) is 14.6. The maximum Gasteiger partial charge on any atom is 0.323 e. The van der Waals surface area contributed by atoms with Crippen molar-refractivity contribution in [2.75, 3.05) is 20.1 Å². The minimum Gasteiger partial charge on any atom is -0.480 e. The quantitative estimate of drug-likeness (QED) is 0.747. The topological polar surface area (TPSA) is 79.5 Å². The summed E-state index contributed by atoms with van der Waals surface area (Å²) in [6, 6.07) is 3.97. The number of likely N-dealkylation sites (N-methyl/N-ethyl adjacent to an activating group) is 1. The average Bonchev–Trinajstić information content (AvgIpc) is 2.35. The highest BCUT2D eigenvalue weighted by Crippen LogP contribution is 2.07. The molecule has 0 bridgehead atoms. The summed E-state index contributed by atoms with van der Waals surface area (Å²) in [6.45, 7) is 3.09. The van der Waals surface area contributed by atoms with Gasteiger partial charge in [0.15, 0.2) is 0 Å². The van der Waals surface area contributed by atoms with Crippen LogP contribution in [0, 0.1) is 0 Å². The SMILES string of the molecule is CN(CCc1ccncc1)CCC(C)(N)C(=O)O. The highest BCUT2D eigenvalue weighted by molar-refractivity contribution is 5.77. The maximum absolute atomic E-state index is 10.9. The van der Waals surface area contributed by atoms with Crippen LogP contribution in [0.15, 0.2) is 24.5 Å². The zero-order valence-corrected chi connectivity index (χ0v) is 11.0. The second kappa shape index (κ2) is 6.47. The van der Waals surface area contributed by atoms with Gasteiger partial charge in [-0.1, -0.05) is 0 Å². The molecule has 100 valence electrons. The summed E-state index contributed by atoms with van der Waals surface area (Å²) in [5.41, 5.74) is 5.76. The third-order valence-electron chi connectivity index (χ3n) is 3.03. The minimum atomic E-state index is -1.15. The highest BCUT2D eigenvalue weighted by atomic mass is 16.4. The summed E-state index contributed by atoms with van der Waals surface area (Å²) >= 11 is 0. The molecule has 0 fully saturated rings. The molecule has 0 aliphatic carbocycles. The number of hydrogen-bond donors (Lipinski definition) is 2. The number of aliphatic carboxylic acids is 1. The molecule has 18 heavy (non-hydrogen) atoms. The molecular weight excluding hydrogens is 230 g/mol. The van der Waals surface area contributed by atoms with Crippen LogP contribution in [0.2, 0.25) is 0 Å². The molecule has 3 N–H and O–H groups in total. The first-order valence-electron chi connectivity index (χ1n) is 6.01. The molecule has 1 aromatic rings. The predicted octanol–water partition coefficient (Wildman–Crippen LogP) is 0.748. The van der Waals surface area contributed by atoms with Crippen LogP contribution in [0.3, 0.4) is 0 Å². The van der Waals surface area contributed by atoms with Gasteiger partial charge in [-0.25, -0.2) is 0 Å². The van der Waals surface area contributed by atoms with Gasteiger partial charge >= 0.3 is 5.97 Å². The van der Waals surface area contributed by atoms with E-state index in [0.717, 1.165) is 13.0 Å². The van der Waals surface area contributed by atoms with Gasteiger partial charge in [0.25, 0.3) is 0 Å². The fraction of sp³-hybridized carbons (Fsp3) is 0.538. The number of aromatic nitrogens is 1. The molecule has 0 saturated carbocycles. The van der Waals surface area contributed by atoms with Gasteiger partial charge in [0.2, 0.25) is 0 Å². The third kappa shape index (κ3) is 4.81. The number of carbonyl (C=O) groups is 1. The third-order valence-corrected chi connectivity index (χ3v) is 3.03. The van der Waals surface area contributed by atoms with Crippen molar-refractivity contribution >= 4 is 5.97 Å². The van der Waals surface area contributed by atoms with E-state index >= 15 is 0 Å². The van der Waals surface area contributed by atoms with Crippen LogP contribution in [0.4, 0.5) is 0 Å². The molecule has 0 amide bonds. The van der Waals surface area contributed by atoms with E-state index < -0.39 is 11.5 Å². The summed E-state index contributed by atoms with van der Waals surface area (Å²) in [6.07, 6.45) is 4.91. The molecule has 1 aromatic heterocycles. The van der Waals surface area contributed by atoms with Gasteiger partial charge in [0.1, 0.15) is 5.54 Å². The van der Waals surface area contributed by atoms with Crippen molar-refractivity contribution in [3.8, 4) is 0 Å². The molecule has 1 rings (SSSR count). The van der Waals surface area contributed by atoms with Crippen LogP contribution in [0.25, 0.3) is 0 Å². The first-order valence-corrected chi connectivity index (χ1v) is 6.01. The molecule has 0 saturated heterocycles. The van der Waals surface area contributed by atoms with Gasteiger partial charge in [-0.05, 0) is 44.5 Å². The molecule has 0 radical (unpaired) electrons. The van der Waals surface area contributed by atoms with E-state index in [2.05, 4.69) is 9.88 Å². The Kier molecular flexibility index (Phi) is 5.25. The monoisotopic (exact) mass is 251 g/mol. The Morgan fingerprint density at radius 3 is 2.61 bits per heavy atom. The van der Waals surface area contributed by atoms with E-state index in [9.17, 15) is 4.79 Å². The largest absolute Gasteiger partial charge is 0.480 e. The van der Waals surface area contributed by atoms with Crippen molar-refractivity contribution in [1.82, 2.24) is 9.88 Å². The number of carboxylic acids is 1. The summed E-state index contributed by atoms with van der Waals surface area (Å²) in [4.78, 5) is 16.9. The number of carboxylic acid groups (broad SMARTS) is 1. The second-order valence-corrected chi connectivity index (χ2v) is 4.88. The molecule has 1 atom stereocenters. The zero-order valence-electron chi connectivity index (χ0n) is 11.0. The second-order valence-electron chi connectivity index (χ2n) is 4.88. The van der Waals surface area contributed by atoms with Crippen LogP contribution >= 0.6 is 0 Å². The van der Waals surface area contributed by atoms with Crippen molar-refractivity contribution in [1.29, 1.82) is 0 Å². The summed E-state index contributed by atoms with van der Waals surface area (Å²) in [7, 11) is 1.97. The Hall–Kier alpha value is -1.46. The number of rotatable bonds is 7. The number of nitrogens with zero attached hydrogens (tertiary/aromatic N) is 2. The molecule has 0 aromatic carbocycles. The van der Waals surface area contributed by atoms with E-state index in [4.69, 9.17) is 10.8 Å². The Morgan fingerprint density at radius 1 is 1.44 bits per heavy atom. The highest BCUT2D eigenvalue weighted by Gasteiger charge is 2.27. The van der Waals surface area contributed by atoms with Gasteiger partial charge in [0.05, 0.1) is 0 Å². The van der Waals surface area contributed by atoms with Crippen LogP contribution < -0.4 is 5.73 Å². The van der Waals surface area contributed by atoms with Crippen molar-refractivity contribution in [3.05, 3.63) is 30.1 Å². The fourth-order valence-corrected chi connectivity index (χ4v) is 1.51. The lowest BCUT2D eigenvalue weighted by Crippen LogP contribution is -2.47. The molecule has 0 spiro atoms. The smallest absolute Gasteiger partial charge is 0.323 e. The van der Waals surface area contributed by atoms with Crippen molar-refractivity contribution < 1.29 is 9.90 Å². The summed E-state index contributed by atoms with van der Waals surface area (Å²) in [5, 5.41) is 8.91. The molecule has 1 unspecified atom stereocenters. The van der Waals surface area contributed by atoms with Crippen LogP contribution in [0.1, 0.15) is 18.9 Å². The summed E-state index contributed by atoms with van der Waals surface area (Å²) in [5.74, 6) is -0.954. The van der Waals surface area contributed by atoms with Crippen LogP contribution in [-0.2, 0) is 11.2 Å². The summed E-state index contributed by atoms with van der Waals surface area (Å²) < 4.78 is 0. The molecule has 1 heterocycles. The lowest BCUT2D eigenvalue weighted by Gasteiger charge is -2.23. The van der Waals surface area contributed by atoms with Gasteiger partial charge in [0, 0.05) is 25.5 Å². The average molecular weight is 251 g/mol. The van der Waals surface area contributed by atoms with Crippen LogP contribution in [-0.4, -0.2) is 46.6 Å². The van der Waals surface area contributed by atoms with E-state index in [1.807, 2.05) is 19.2 Å². The Bertz CT molecular complexity index is 379. The van der Waals surface area contributed by atoms with Gasteiger partial charge in [-0.3, -0.25) is 9.78 Å². The lowest BCUT2D eigenvalue weighted by atomic mass is 9.99. The minimum absolute atomic E-state index is 0.440. The zero-order chi connectivity index (χ0) is 13.6. The van der Waals surface area contributed by atoms with E-state index in [-0.39, 0.29) is 0 Å². The maximum atomic E-state index is 10.9. The number of pyridine rings is 1. The van der Waals surface area contributed by atoms with Gasteiger partial charge in [-0.2, -0.15) is 0 Å². The van der Waals surface area contributed by atoms with E-state index in [1.165, 1.54) is 5.56 Å². The first-order chi connectivity index (χ1) is 8.42. The van der Waals surface area contributed by atoms with Gasteiger partial charge in [-0.15, -0.1) is 0 Å². The molecule has 5 nitrogen and oxygen atoms in total. The standard InChI is InChI=1S/C13H21N3O2/c1-13(14,12(17)18)6-10-16(2)9-5-11-3-7-15-8-4-11/h3-4,7-8H,5-6,9-10,14H2,1-2H3,(H,17,18). The Labute approximate surface area is 108 Å². The lowest BCUT2D eigenvalue weighted by molar-refractivity contribution is -0.143. The normalized spacial score (nSPS) is 14.4. The van der Waals surface area contributed by atoms with E-state index in [1.54, 1.807) is 19.3 Å². The molecule has 0 aliphatic rings. The molecule has 0 aliphatic heterocycles. The Balaban J connectivity index is 2.30. The Morgan fingerprint density at radius 2 is 2.06 bits per heavy atom. The fourth-order valence-electron chi connectivity index (χ4n) is 1.51. The van der Waals surface area contributed by atoms with Gasteiger partial charge < -0.3 is 15.7 Å². The van der Waals surface area contributed by atoms with Crippen LogP contribution in [0.5, 0.6) is 0 Å². The predicted molar refractivity (Wildman–Crippen MR) is 70.3 cm³/mol. The van der Waals surface area contributed by atoms with Crippen molar-refractivity contribution in [2.45, 2.75) is 25.3 Å².